The van der Waals surface area contributed by atoms with E-state index in [1.54, 1.807) is 0 Å². The first-order chi connectivity index (χ1) is 8.08. The molecule has 0 spiro atoms. The van der Waals surface area contributed by atoms with Crippen LogP contribution in [0.25, 0.3) is 0 Å². The van der Waals surface area contributed by atoms with Crippen LogP contribution in [0.1, 0.15) is 52.9 Å². The fraction of sp³-hybridized carbons (Fsp3) is 1.00. The molecule has 0 aromatic heterocycles. The number of rotatable bonds is 2. The van der Waals surface area contributed by atoms with Gasteiger partial charge in [-0.1, -0.05) is 27.2 Å². The zero-order chi connectivity index (χ0) is 12.5. The average molecular weight is 239 g/mol. The Morgan fingerprint density at radius 1 is 1.24 bits per heavy atom. The third-order valence-electron chi connectivity index (χ3n) is 5.60. The molecule has 1 aliphatic heterocycles. The maximum atomic E-state index is 11.1. The molecule has 2 nitrogen and oxygen atoms in total. The molecule has 5 atom stereocenters. The Morgan fingerprint density at radius 2 is 2.00 bits per heavy atom. The molecule has 2 heteroatoms. The van der Waals surface area contributed by atoms with E-state index in [0.717, 1.165) is 37.8 Å². The normalized spacial score (nSPS) is 48.0. The van der Waals surface area contributed by atoms with Crippen LogP contribution in [0.2, 0.25) is 0 Å². The van der Waals surface area contributed by atoms with Gasteiger partial charge in [0.05, 0.1) is 5.60 Å². The number of piperidine rings is 1. The second-order valence-electron chi connectivity index (χ2n) is 6.52. The van der Waals surface area contributed by atoms with Crippen molar-refractivity contribution in [3.8, 4) is 0 Å². The minimum Gasteiger partial charge on any atom is -0.389 e. The van der Waals surface area contributed by atoms with Crippen molar-refractivity contribution in [2.45, 2.75) is 58.5 Å². The van der Waals surface area contributed by atoms with E-state index < -0.39 is 0 Å². The maximum absolute atomic E-state index is 11.1. The van der Waals surface area contributed by atoms with Crippen LogP contribution in [0.4, 0.5) is 0 Å². The highest BCUT2D eigenvalue weighted by molar-refractivity contribution is 4.98. The van der Waals surface area contributed by atoms with Crippen molar-refractivity contribution in [2.24, 2.45) is 23.7 Å². The van der Waals surface area contributed by atoms with Gasteiger partial charge >= 0.3 is 0 Å². The lowest BCUT2D eigenvalue weighted by Gasteiger charge is -2.49. The molecule has 1 saturated heterocycles. The Balaban J connectivity index is 2.08. The van der Waals surface area contributed by atoms with E-state index in [2.05, 4.69) is 26.1 Å². The highest BCUT2D eigenvalue weighted by atomic mass is 16.3. The molecule has 0 amide bonds. The minimum absolute atomic E-state index is 0.381. The summed E-state index contributed by atoms with van der Waals surface area (Å²) < 4.78 is 0. The third kappa shape index (κ3) is 2.53. The predicted octanol–water partition coefficient (Wildman–Crippen LogP) is 2.81. The van der Waals surface area contributed by atoms with Crippen molar-refractivity contribution < 1.29 is 5.11 Å². The van der Waals surface area contributed by atoms with Crippen molar-refractivity contribution in [3.05, 3.63) is 0 Å². The highest BCUT2D eigenvalue weighted by Gasteiger charge is 2.46. The second kappa shape index (κ2) is 5.27. The van der Waals surface area contributed by atoms with E-state index in [4.69, 9.17) is 0 Å². The number of aliphatic hydroxyl groups is 1. The molecule has 1 saturated carbocycles. The molecule has 1 heterocycles. The zero-order valence-electron chi connectivity index (χ0n) is 11.7. The lowest BCUT2D eigenvalue weighted by Crippen LogP contribution is -2.55. The van der Waals surface area contributed by atoms with Gasteiger partial charge in [-0.05, 0) is 50.0 Å². The van der Waals surface area contributed by atoms with Crippen LogP contribution in [0.5, 0.6) is 0 Å². The number of nitrogens with one attached hydrogen (secondary N) is 1. The first kappa shape index (κ1) is 13.4. The SMILES string of the molecule is CCC1CNCCC1(O)C1CCC(C)C(C)C1. The largest absolute Gasteiger partial charge is 0.389 e. The van der Waals surface area contributed by atoms with Gasteiger partial charge in [-0.3, -0.25) is 0 Å². The molecule has 2 aliphatic rings. The van der Waals surface area contributed by atoms with Gasteiger partial charge in [-0.2, -0.15) is 0 Å². The summed E-state index contributed by atoms with van der Waals surface area (Å²) in [5, 5.41) is 14.6. The van der Waals surface area contributed by atoms with Gasteiger partial charge in [0.25, 0.3) is 0 Å². The first-order valence-electron chi connectivity index (χ1n) is 7.51. The monoisotopic (exact) mass is 239 g/mol. The van der Waals surface area contributed by atoms with E-state index >= 15 is 0 Å². The summed E-state index contributed by atoms with van der Waals surface area (Å²) in [6, 6.07) is 0. The smallest absolute Gasteiger partial charge is 0.0728 e. The standard InChI is InChI=1S/C15H29NO/c1-4-13-10-16-8-7-15(13,17)14-6-5-11(2)12(3)9-14/h11-14,16-17H,4-10H2,1-3H3. The molecule has 100 valence electrons. The van der Waals surface area contributed by atoms with E-state index in [9.17, 15) is 5.11 Å². The van der Waals surface area contributed by atoms with E-state index in [-0.39, 0.29) is 5.60 Å². The molecule has 17 heavy (non-hydrogen) atoms. The van der Waals surface area contributed by atoms with Crippen LogP contribution in [0, 0.1) is 23.7 Å². The van der Waals surface area contributed by atoms with Crippen LogP contribution >= 0.6 is 0 Å². The molecule has 0 radical (unpaired) electrons. The minimum atomic E-state index is -0.381. The lowest BCUT2D eigenvalue weighted by molar-refractivity contribution is -0.108. The fourth-order valence-electron chi connectivity index (χ4n) is 3.98. The first-order valence-corrected chi connectivity index (χ1v) is 7.51. The summed E-state index contributed by atoms with van der Waals surface area (Å²) in [5.74, 6) is 2.63. The fourth-order valence-corrected chi connectivity index (χ4v) is 3.98. The van der Waals surface area contributed by atoms with Crippen LogP contribution in [0.15, 0.2) is 0 Å². The summed E-state index contributed by atoms with van der Waals surface area (Å²) in [7, 11) is 0. The number of hydrogen-bond acceptors (Lipinski definition) is 2. The summed E-state index contributed by atoms with van der Waals surface area (Å²) in [6.45, 7) is 8.95. The quantitative estimate of drug-likeness (QED) is 0.776. The van der Waals surface area contributed by atoms with Crippen molar-refractivity contribution in [1.29, 1.82) is 0 Å². The van der Waals surface area contributed by atoms with Gasteiger partial charge in [0.1, 0.15) is 0 Å². The summed E-state index contributed by atoms with van der Waals surface area (Å²) in [4.78, 5) is 0. The average Bonchev–Trinajstić information content (AvgIpc) is 2.33. The Labute approximate surface area is 106 Å². The van der Waals surface area contributed by atoms with Gasteiger partial charge in [-0.25, -0.2) is 0 Å². The molecule has 2 N–H and O–H groups in total. The highest BCUT2D eigenvalue weighted by Crippen LogP contribution is 2.44. The van der Waals surface area contributed by atoms with Crippen LogP contribution in [-0.2, 0) is 0 Å². The van der Waals surface area contributed by atoms with Crippen molar-refractivity contribution >= 4 is 0 Å². The summed E-state index contributed by atoms with van der Waals surface area (Å²) >= 11 is 0. The molecule has 2 fully saturated rings. The Hall–Kier alpha value is -0.0800. The molecule has 0 aromatic rings. The number of hydrogen-bond donors (Lipinski definition) is 2. The van der Waals surface area contributed by atoms with Gasteiger partial charge in [0, 0.05) is 12.5 Å². The zero-order valence-corrected chi connectivity index (χ0v) is 11.7. The van der Waals surface area contributed by atoms with E-state index in [1.165, 1.54) is 19.3 Å². The molecule has 1 aliphatic carbocycles. The molecule has 5 unspecified atom stereocenters. The third-order valence-corrected chi connectivity index (χ3v) is 5.60. The van der Waals surface area contributed by atoms with E-state index in [1.807, 2.05) is 0 Å². The summed E-state index contributed by atoms with van der Waals surface area (Å²) in [5.41, 5.74) is -0.381. The molecule has 2 rings (SSSR count). The van der Waals surface area contributed by atoms with Crippen molar-refractivity contribution in [2.75, 3.05) is 13.1 Å². The van der Waals surface area contributed by atoms with Crippen molar-refractivity contribution in [3.63, 3.8) is 0 Å². The van der Waals surface area contributed by atoms with Gasteiger partial charge in [0.2, 0.25) is 0 Å². The predicted molar refractivity (Wildman–Crippen MR) is 71.9 cm³/mol. The summed E-state index contributed by atoms with van der Waals surface area (Å²) in [6.07, 6.45) is 5.83. The molecule has 0 aromatic carbocycles. The Kier molecular flexibility index (Phi) is 4.14. The molecular weight excluding hydrogens is 210 g/mol. The van der Waals surface area contributed by atoms with Crippen molar-refractivity contribution in [1.82, 2.24) is 5.32 Å². The van der Waals surface area contributed by atoms with Gasteiger partial charge in [0.15, 0.2) is 0 Å². The van der Waals surface area contributed by atoms with Crippen LogP contribution in [-0.4, -0.2) is 23.8 Å². The molecular formula is C15H29NO. The molecule has 0 bridgehead atoms. The van der Waals surface area contributed by atoms with Gasteiger partial charge < -0.3 is 10.4 Å². The lowest BCUT2D eigenvalue weighted by atomic mass is 9.63. The topological polar surface area (TPSA) is 32.3 Å². The van der Waals surface area contributed by atoms with E-state index in [0.29, 0.717) is 11.8 Å². The van der Waals surface area contributed by atoms with Gasteiger partial charge in [-0.15, -0.1) is 0 Å². The maximum Gasteiger partial charge on any atom is 0.0728 e. The van der Waals surface area contributed by atoms with Crippen LogP contribution < -0.4 is 5.32 Å². The Bertz CT molecular complexity index is 255. The Morgan fingerprint density at radius 3 is 2.65 bits per heavy atom. The van der Waals surface area contributed by atoms with Crippen LogP contribution in [0.3, 0.4) is 0 Å². The second-order valence-corrected chi connectivity index (χ2v) is 6.52.